The number of morpholine rings is 1. The van der Waals surface area contributed by atoms with Crippen LogP contribution in [0.15, 0.2) is 35.5 Å². The van der Waals surface area contributed by atoms with Crippen LogP contribution < -0.4 is 10.1 Å². The van der Waals surface area contributed by atoms with Crippen LogP contribution in [0.3, 0.4) is 0 Å². The van der Waals surface area contributed by atoms with Gasteiger partial charge < -0.3 is 24.6 Å². The fourth-order valence-corrected chi connectivity index (χ4v) is 3.20. The smallest absolute Gasteiger partial charge is 0.387 e. The van der Waals surface area contributed by atoms with Gasteiger partial charge in [0.25, 0.3) is 5.91 Å². The van der Waals surface area contributed by atoms with E-state index in [2.05, 4.69) is 10.1 Å². The van der Waals surface area contributed by atoms with Crippen molar-refractivity contribution in [2.24, 2.45) is 0 Å². The molecule has 1 saturated heterocycles. The third kappa shape index (κ3) is 3.87. The minimum Gasteiger partial charge on any atom is -0.434 e. The summed E-state index contributed by atoms with van der Waals surface area (Å²) in [6.07, 6.45) is 0. The lowest BCUT2D eigenvalue weighted by Crippen LogP contribution is -2.50. The highest BCUT2D eigenvalue weighted by molar-refractivity contribution is 5.98. The third-order valence-electron chi connectivity index (χ3n) is 4.73. The van der Waals surface area contributed by atoms with Crippen LogP contribution >= 0.6 is 0 Å². The summed E-state index contributed by atoms with van der Waals surface area (Å²) in [5.41, 5.74) is 1.09. The molecule has 1 N–H and O–H groups in total. The quantitative estimate of drug-likeness (QED) is 0.867. The Labute approximate surface area is 155 Å². The van der Waals surface area contributed by atoms with Crippen molar-refractivity contribution in [2.75, 3.05) is 33.4 Å². The highest BCUT2D eigenvalue weighted by Gasteiger charge is 2.37. The van der Waals surface area contributed by atoms with Crippen molar-refractivity contribution in [1.29, 1.82) is 0 Å². The molecule has 2 aliphatic rings. The summed E-state index contributed by atoms with van der Waals surface area (Å²) in [6, 6.07) is 4.83. The molecule has 0 saturated carbocycles. The molecule has 7 nitrogen and oxygen atoms in total. The lowest BCUT2D eigenvalue weighted by Gasteiger charge is -2.37. The van der Waals surface area contributed by atoms with Gasteiger partial charge in [-0.25, -0.2) is 4.79 Å². The molecule has 2 heterocycles. The SMILES string of the molecule is CC1=C(C(=O)N2CCOCC2)[C@H](c2ccccc2OC(F)F)NC(=O)N1C. The first-order valence-electron chi connectivity index (χ1n) is 8.56. The first kappa shape index (κ1) is 19.1. The number of amides is 3. The van der Waals surface area contributed by atoms with Crippen LogP contribution in [0.5, 0.6) is 5.75 Å². The first-order valence-corrected chi connectivity index (χ1v) is 8.56. The van der Waals surface area contributed by atoms with Crippen molar-refractivity contribution in [1.82, 2.24) is 15.1 Å². The fraction of sp³-hybridized carbons (Fsp3) is 0.444. The van der Waals surface area contributed by atoms with Crippen LogP contribution in [-0.4, -0.2) is 61.7 Å². The van der Waals surface area contributed by atoms with Crippen LogP contribution in [0, 0.1) is 0 Å². The van der Waals surface area contributed by atoms with Crippen molar-refractivity contribution < 1.29 is 27.8 Å². The highest BCUT2D eigenvalue weighted by atomic mass is 19.3. The van der Waals surface area contributed by atoms with Gasteiger partial charge in [-0.3, -0.25) is 4.79 Å². The molecule has 2 aliphatic heterocycles. The van der Waals surface area contributed by atoms with Gasteiger partial charge in [-0.05, 0) is 13.0 Å². The van der Waals surface area contributed by atoms with Crippen molar-refractivity contribution >= 4 is 11.9 Å². The van der Waals surface area contributed by atoms with E-state index in [1.54, 1.807) is 37.1 Å². The molecule has 1 aromatic rings. The predicted molar refractivity (Wildman–Crippen MR) is 92.2 cm³/mol. The highest BCUT2D eigenvalue weighted by Crippen LogP contribution is 2.36. The van der Waals surface area contributed by atoms with E-state index in [1.807, 2.05) is 0 Å². The summed E-state index contributed by atoms with van der Waals surface area (Å²) in [4.78, 5) is 28.5. The lowest BCUT2D eigenvalue weighted by molar-refractivity contribution is -0.131. The Bertz CT molecular complexity index is 763. The van der Waals surface area contributed by atoms with Gasteiger partial charge in [-0.2, -0.15) is 8.78 Å². The number of benzene rings is 1. The topological polar surface area (TPSA) is 71.1 Å². The number of allylic oxidation sites excluding steroid dienone is 1. The molecular formula is C18H21F2N3O4. The Kier molecular flexibility index (Phi) is 5.59. The van der Waals surface area contributed by atoms with E-state index in [0.717, 1.165) is 0 Å². The zero-order valence-corrected chi connectivity index (χ0v) is 15.1. The van der Waals surface area contributed by atoms with E-state index < -0.39 is 18.7 Å². The number of alkyl halides is 2. The molecule has 1 aromatic carbocycles. The monoisotopic (exact) mass is 381 g/mol. The second-order valence-corrected chi connectivity index (χ2v) is 6.26. The van der Waals surface area contributed by atoms with Crippen molar-refractivity contribution in [3.63, 3.8) is 0 Å². The van der Waals surface area contributed by atoms with E-state index in [-0.39, 0.29) is 11.7 Å². The van der Waals surface area contributed by atoms with E-state index in [9.17, 15) is 18.4 Å². The van der Waals surface area contributed by atoms with Crippen LogP contribution in [0.1, 0.15) is 18.5 Å². The van der Waals surface area contributed by atoms with Gasteiger partial charge in [0, 0.05) is 31.4 Å². The Morgan fingerprint density at radius 2 is 1.96 bits per heavy atom. The van der Waals surface area contributed by atoms with Crippen LogP contribution in [0.4, 0.5) is 13.6 Å². The Morgan fingerprint density at radius 1 is 1.30 bits per heavy atom. The van der Waals surface area contributed by atoms with Gasteiger partial charge in [0.1, 0.15) is 5.75 Å². The van der Waals surface area contributed by atoms with Gasteiger partial charge in [0.2, 0.25) is 0 Å². The molecule has 27 heavy (non-hydrogen) atoms. The molecule has 1 fully saturated rings. The maximum Gasteiger partial charge on any atom is 0.387 e. The normalized spacial score (nSPS) is 20.8. The van der Waals surface area contributed by atoms with Crippen LogP contribution in [0.25, 0.3) is 0 Å². The Hall–Kier alpha value is -2.68. The number of hydrogen-bond donors (Lipinski definition) is 1. The van der Waals surface area contributed by atoms with E-state index in [4.69, 9.17) is 4.74 Å². The summed E-state index contributed by atoms with van der Waals surface area (Å²) in [5.74, 6) is -0.345. The van der Waals surface area contributed by atoms with Gasteiger partial charge in [-0.1, -0.05) is 18.2 Å². The third-order valence-corrected chi connectivity index (χ3v) is 4.73. The average molecular weight is 381 g/mol. The van der Waals surface area contributed by atoms with E-state index >= 15 is 0 Å². The molecular weight excluding hydrogens is 360 g/mol. The second-order valence-electron chi connectivity index (χ2n) is 6.26. The van der Waals surface area contributed by atoms with E-state index in [0.29, 0.717) is 43.1 Å². The molecule has 0 bridgehead atoms. The number of hydrogen-bond acceptors (Lipinski definition) is 4. The van der Waals surface area contributed by atoms with Gasteiger partial charge in [0.15, 0.2) is 0 Å². The second kappa shape index (κ2) is 7.91. The zero-order valence-electron chi connectivity index (χ0n) is 15.1. The standard InChI is InChI=1S/C18H21F2N3O4/c1-11-14(16(24)23-7-9-26-10-8-23)15(21-18(25)22(11)2)12-5-3-4-6-13(12)27-17(19)20/h3-6,15,17H,7-10H2,1-2H3,(H,21,25)/t15-/m0/s1. The minimum atomic E-state index is -3.02. The first-order chi connectivity index (χ1) is 12.9. The largest absolute Gasteiger partial charge is 0.434 e. The molecule has 0 radical (unpaired) electrons. The molecule has 146 valence electrons. The number of para-hydroxylation sites is 1. The lowest BCUT2D eigenvalue weighted by atomic mass is 9.93. The summed E-state index contributed by atoms with van der Waals surface area (Å²) < 4.78 is 35.5. The fourth-order valence-electron chi connectivity index (χ4n) is 3.20. The molecule has 0 unspecified atom stereocenters. The molecule has 1 atom stereocenters. The molecule has 0 spiro atoms. The molecule has 3 amide bonds. The van der Waals surface area contributed by atoms with Crippen molar-refractivity contribution in [3.05, 3.63) is 41.1 Å². The number of carbonyl (C=O) groups is 2. The number of carbonyl (C=O) groups excluding carboxylic acids is 2. The molecule has 9 heteroatoms. The van der Waals surface area contributed by atoms with Crippen molar-refractivity contribution in [3.8, 4) is 5.75 Å². The summed E-state index contributed by atoms with van der Waals surface area (Å²) >= 11 is 0. The van der Waals surface area contributed by atoms with Gasteiger partial charge >= 0.3 is 12.6 Å². The zero-order chi connectivity index (χ0) is 19.6. The number of ether oxygens (including phenoxy) is 2. The summed E-state index contributed by atoms with van der Waals surface area (Å²) in [5, 5.41) is 2.72. The number of halogens is 2. The molecule has 0 aromatic heterocycles. The Balaban J connectivity index is 2.04. The van der Waals surface area contributed by atoms with Crippen LogP contribution in [-0.2, 0) is 9.53 Å². The molecule has 0 aliphatic carbocycles. The molecule has 3 rings (SSSR count). The van der Waals surface area contributed by atoms with Crippen molar-refractivity contribution in [2.45, 2.75) is 19.6 Å². The van der Waals surface area contributed by atoms with Crippen LogP contribution in [0.2, 0.25) is 0 Å². The minimum absolute atomic E-state index is 0.0811. The van der Waals surface area contributed by atoms with Gasteiger partial charge in [-0.15, -0.1) is 0 Å². The maximum atomic E-state index is 13.2. The summed E-state index contributed by atoms with van der Waals surface area (Å²) in [7, 11) is 1.55. The maximum absolute atomic E-state index is 13.2. The van der Waals surface area contributed by atoms with E-state index in [1.165, 1.54) is 11.0 Å². The number of urea groups is 1. The number of nitrogens with one attached hydrogen (secondary N) is 1. The number of rotatable bonds is 4. The Morgan fingerprint density at radius 3 is 2.63 bits per heavy atom. The van der Waals surface area contributed by atoms with Gasteiger partial charge in [0.05, 0.1) is 24.8 Å². The summed E-state index contributed by atoms with van der Waals surface area (Å²) in [6.45, 7) is 0.350. The number of nitrogens with zero attached hydrogens (tertiary/aromatic N) is 2. The average Bonchev–Trinajstić information content (AvgIpc) is 2.66. The predicted octanol–water partition coefficient (Wildman–Crippen LogP) is 2.12.